The lowest BCUT2D eigenvalue weighted by atomic mass is 9.44. The molecule has 8 aliphatic carbocycles. The average Bonchev–Trinajstić information content (AvgIpc) is 3.57. The van der Waals surface area contributed by atoms with E-state index < -0.39 is 69.2 Å². The molecule has 9 heteroatoms. The number of aliphatic hydroxyl groups is 5. The van der Waals surface area contributed by atoms with Crippen molar-refractivity contribution in [1.82, 2.24) is 0 Å². The van der Waals surface area contributed by atoms with Crippen molar-refractivity contribution in [2.45, 2.75) is 123 Å². The lowest BCUT2D eigenvalue weighted by Crippen LogP contribution is -2.64. The molecule has 0 heterocycles. The maximum atomic E-state index is 14.3. The number of carbonyl (C=O) groups excluding carboxylic acids is 4. The van der Waals surface area contributed by atoms with Gasteiger partial charge >= 0.3 is 0 Å². The van der Waals surface area contributed by atoms with Crippen molar-refractivity contribution in [1.29, 1.82) is 0 Å². The second-order valence-corrected chi connectivity index (χ2v) is 19.8. The van der Waals surface area contributed by atoms with Crippen LogP contribution >= 0.6 is 0 Å². The normalized spacial score (nSPS) is 52.2. The third-order valence-electron chi connectivity index (χ3n) is 17.4. The lowest BCUT2D eigenvalue weighted by Gasteiger charge is -2.61. The first-order valence-corrected chi connectivity index (χ1v) is 20.2. The summed E-state index contributed by atoms with van der Waals surface area (Å²) in [5, 5.41) is 59.2. The van der Waals surface area contributed by atoms with Crippen molar-refractivity contribution in [2.75, 3.05) is 0 Å². The molecule has 0 radical (unpaired) electrons. The van der Waals surface area contributed by atoms with Crippen molar-refractivity contribution in [2.24, 2.45) is 74.9 Å². The molecular formula is C44H58O9. The zero-order valence-corrected chi connectivity index (χ0v) is 32.0. The van der Waals surface area contributed by atoms with E-state index in [0.29, 0.717) is 32.1 Å². The Morgan fingerprint density at radius 2 is 1.25 bits per heavy atom. The van der Waals surface area contributed by atoms with Gasteiger partial charge < -0.3 is 25.5 Å². The molecule has 6 fully saturated rings. The van der Waals surface area contributed by atoms with Crippen LogP contribution in [0.4, 0.5) is 0 Å². The molecule has 18 atom stereocenters. The van der Waals surface area contributed by atoms with Crippen LogP contribution in [-0.2, 0) is 19.2 Å². The predicted molar refractivity (Wildman–Crippen MR) is 196 cm³/mol. The number of fused-ring (bicyclic) bond motifs is 10. The molecule has 8 aliphatic rings. The van der Waals surface area contributed by atoms with Crippen LogP contribution in [0.5, 0.6) is 0 Å². The van der Waals surface area contributed by atoms with Crippen LogP contribution in [-0.4, -0.2) is 78.7 Å². The zero-order valence-electron chi connectivity index (χ0n) is 32.0. The van der Waals surface area contributed by atoms with Gasteiger partial charge in [-0.3, -0.25) is 19.2 Å². The van der Waals surface area contributed by atoms with Gasteiger partial charge in [0.2, 0.25) is 0 Å². The van der Waals surface area contributed by atoms with Gasteiger partial charge in [0.05, 0.1) is 12.2 Å². The first kappa shape index (κ1) is 37.4. The molecule has 0 aromatic rings. The Balaban J connectivity index is 1.02. The Bertz CT molecular complexity index is 1770. The molecule has 288 valence electrons. The third-order valence-corrected chi connectivity index (χ3v) is 17.4. The fourth-order valence-corrected chi connectivity index (χ4v) is 15.1. The number of carbonyl (C=O) groups is 4. The van der Waals surface area contributed by atoms with Crippen LogP contribution in [0.1, 0.15) is 92.9 Å². The Hall–Kier alpha value is -2.56. The Morgan fingerprint density at radius 1 is 0.736 bits per heavy atom. The summed E-state index contributed by atoms with van der Waals surface area (Å²) in [5.41, 5.74) is -2.79. The number of ketones is 4. The van der Waals surface area contributed by atoms with Gasteiger partial charge in [-0.05, 0) is 117 Å². The molecule has 53 heavy (non-hydrogen) atoms. The van der Waals surface area contributed by atoms with Crippen LogP contribution in [0.25, 0.3) is 0 Å². The van der Waals surface area contributed by atoms with Crippen molar-refractivity contribution in [3.63, 3.8) is 0 Å². The lowest BCUT2D eigenvalue weighted by molar-refractivity contribution is -0.188. The first-order chi connectivity index (χ1) is 24.7. The summed E-state index contributed by atoms with van der Waals surface area (Å²) >= 11 is 0. The molecule has 18 unspecified atom stereocenters. The van der Waals surface area contributed by atoms with Crippen LogP contribution in [0.15, 0.2) is 47.6 Å². The molecule has 0 amide bonds. The molecular weight excluding hydrogens is 672 g/mol. The smallest absolute Gasteiger partial charge is 0.196 e. The zero-order chi connectivity index (χ0) is 38.4. The molecule has 0 aliphatic heterocycles. The van der Waals surface area contributed by atoms with Gasteiger partial charge in [0.1, 0.15) is 17.8 Å². The maximum Gasteiger partial charge on any atom is 0.196 e. The van der Waals surface area contributed by atoms with Gasteiger partial charge in [-0.2, -0.15) is 0 Å². The Morgan fingerprint density at radius 3 is 1.79 bits per heavy atom. The standard InChI is InChI=1S/C44H58O9/c1-21-15-25-27-7-8-29(42(27,5)19-32(47)34(25)40(3)12-9-23(45)17-30(21)40)36(49)37(50)38(51)39(52)44(53)14-11-28-26-16-22(2)31-18-24(46)10-13-41(31,4)35(26)33(48)20-43(28,44)6/h9-10,12-13,17-18,21-22,25-29,32-35,37-38,47-48,50-51,53H,7-8,11,14-16,19-20H2,1-6H3. The van der Waals surface area contributed by atoms with Crippen molar-refractivity contribution in [3.05, 3.63) is 47.6 Å². The molecule has 0 bridgehead atoms. The van der Waals surface area contributed by atoms with Gasteiger partial charge in [0.25, 0.3) is 0 Å². The van der Waals surface area contributed by atoms with Gasteiger partial charge in [0, 0.05) is 34.0 Å². The summed E-state index contributed by atoms with van der Waals surface area (Å²) in [7, 11) is 0. The van der Waals surface area contributed by atoms with Gasteiger partial charge in [0.15, 0.2) is 23.1 Å². The van der Waals surface area contributed by atoms with E-state index in [1.54, 1.807) is 24.3 Å². The van der Waals surface area contributed by atoms with E-state index >= 15 is 0 Å². The van der Waals surface area contributed by atoms with Crippen LogP contribution < -0.4 is 0 Å². The topological polar surface area (TPSA) is 169 Å². The largest absolute Gasteiger partial charge is 0.393 e. The van der Waals surface area contributed by atoms with E-state index in [4.69, 9.17) is 0 Å². The quantitative estimate of drug-likeness (QED) is 0.278. The Kier molecular flexibility index (Phi) is 8.44. The van der Waals surface area contributed by atoms with E-state index in [1.807, 2.05) is 26.0 Å². The fourth-order valence-electron chi connectivity index (χ4n) is 15.1. The van der Waals surface area contributed by atoms with Crippen molar-refractivity contribution in [3.8, 4) is 0 Å². The van der Waals surface area contributed by atoms with Gasteiger partial charge in [-0.15, -0.1) is 0 Å². The predicted octanol–water partition coefficient (Wildman–Crippen LogP) is 4.24. The summed E-state index contributed by atoms with van der Waals surface area (Å²) in [6.45, 7) is 12.2. The molecule has 6 saturated carbocycles. The summed E-state index contributed by atoms with van der Waals surface area (Å²) in [6, 6.07) is 0. The third kappa shape index (κ3) is 4.85. The minimum atomic E-state index is -2.14. The Labute approximate surface area is 312 Å². The number of hydrogen-bond acceptors (Lipinski definition) is 9. The summed E-state index contributed by atoms with van der Waals surface area (Å²) in [6.07, 6.45) is 8.26. The second kappa shape index (κ2) is 12.0. The molecule has 9 nitrogen and oxygen atoms in total. The van der Waals surface area contributed by atoms with E-state index in [9.17, 15) is 44.7 Å². The number of Topliss-reactive ketones (excluding diaryl/α,β-unsaturated/α-hetero) is 2. The van der Waals surface area contributed by atoms with Crippen molar-refractivity contribution < 1.29 is 44.7 Å². The molecule has 0 saturated heterocycles. The van der Waals surface area contributed by atoms with Crippen LogP contribution in [0.2, 0.25) is 0 Å². The molecule has 0 aromatic carbocycles. The van der Waals surface area contributed by atoms with E-state index in [2.05, 4.69) is 27.7 Å². The number of hydrogen-bond donors (Lipinski definition) is 5. The highest BCUT2D eigenvalue weighted by Gasteiger charge is 2.70. The molecule has 0 spiro atoms. The summed E-state index contributed by atoms with van der Waals surface area (Å²) in [4.78, 5) is 53.3. The summed E-state index contributed by atoms with van der Waals surface area (Å²) in [5.74, 6) is -2.59. The van der Waals surface area contributed by atoms with Gasteiger partial charge in [-0.25, -0.2) is 0 Å². The number of allylic oxidation sites excluding steroid dienone is 8. The van der Waals surface area contributed by atoms with Gasteiger partial charge in [-0.1, -0.05) is 64.8 Å². The minimum Gasteiger partial charge on any atom is -0.393 e. The minimum absolute atomic E-state index is 0.0354. The maximum absolute atomic E-state index is 14.3. The van der Waals surface area contributed by atoms with E-state index in [0.717, 1.165) is 17.6 Å². The summed E-state index contributed by atoms with van der Waals surface area (Å²) < 4.78 is 0. The van der Waals surface area contributed by atoms with Crippen LogP contribution in [0.3, 0.4) is 0 Å². The highest BCUT2D eigenvalue weighted by Crippen LogP contribution is 2.69. The monoisotopic (exact) mass is 730 g/mol. The average molecular weight is 731 g/mol. The van der Waals surface area contributed by atoms with E-state index in [-0.39, 0.29) is 71.8 Å². The number of rotatable bonds is 5. The van der Waals surface area contributed by atoms with E-state index in [1.165, 1.54) is 0 Å². The molecule has 8 rings (SSSR count). The first-order valence-electron chi connectivity index (χ1n) is 20.2. The molecule has 0 aromatic heterocycles. The fraction of sp³-hybridized carbons (Fsp3) is 0.727. The second-order valence-electron chi connectivity index (χ2n) is 19.8. The number of aliphatic hydroxyl groups excluding tert-OH is 4. The highest BCUT2D eigenvalue weighted by atomic mass is 16.4. The SMILES string of the molecule is CC1CC2C(C(O)CC3(C)C(C(=O)C(O)C(O)C(=O)C4(O)CCC5C6CC(C)C7=CC(=O)C=CC7(C)C6C(O)CC54C)CCC23)C2(C)C=CC(=O)C=C12. The molecule has 5 N–H and O–H groups in total. The van der Waals surface area contributed by atoms with Crippen molar-refractivity contribution >= 4 is 23.1 Å². The van der Waals surface area contributed by atoms with Crippen LogP contribution in [0, 0.1) is 74.9 Å². The highest BCUT2D eigenvalue weighted by molar-refractivity contribution is 6.02.